The fourth-order valence-corrected chi connectivity index (χ4v) is 3.90. The molecular weight excluding hydrogens is 382 g/mol. The molecule has 2 fully saturated rings. The average molecular weight is 403 g/mol. The highest BCUT2D eigenvalue weighted by molar-refractivity contribution is 5.95. The normalized spacial score (nSPS) is 23.0. The number of ketones is 1. The maximum Gasteiger partial charge on any atom is 0.309 e. The molecule has 2 N–H and O–H groups in total. The van der Waals surface area contributed by atoms with Crippen molar-refractivity contribution < 1.29 is 28.8 Å². The fraction of sp³-hybridized carbons (Fsp3) is 0.474. The summed E-state index contributed by atoms with van der Waals surface area (Å²) in [5, 5.41) is 10.6. The number of fused-ring (bicyclic) bond motifs is 2. The number of hydrogen-bond acceptors (Lipinski definition) is 7. The van der Waals surface area contributed by atoms with Crippen LogP contribution in [0.3, 0.4) is 0 Å². The van der Waals surface area contributed by atoms with Crippen LogP contribution in [-0.4, -0.2) is 35.1 Å². The number of Topliss-reactive ketones (excluding diaryl/α,β-unsaturated/α-hetero) is 1. The molecule has 29 heavy (non-hydrogen) atoms. The molecular formula is C19H21N3O7. The number of esters is 1. The van der Waals surface area contributed by atoms with Gasteiger partial charge >= 0.3 is 5.97 Å². The monoisotopic (exact) mass is 403 g/mol. The van der Waals surface area contributed by atoms with E-state index in [1.54, 1.807) is 0 Å². The van der Waals surface area contributed by atoms with Crippen LogP contribution < -0.4 is 10.9 Å². The van der Waals surface area contributed by atoms with Crippen molar-refractivity contribution in [2.24, 2.45) is 17.8 Å². The van der Waals surface area contributed by atoms with Gasteiger partial charge in [0, 0.05) is 29.5 Å². The Morgan fingerprint density at radius 1 is 1.07 bits per heavy atom. The van der Waals surface area contributed by atoms with Crippen LogP contribution in [0.1, 0.15) is 42.5 Å². The molecule has 2 amide bonds. The molecule has 2 aliphatic carbocycles. The van der Waals surface area contributed by atoms with E-state index < -0.39 is 29.3 Å². The van der Waals surface area contributed by atoms with Gasteiger partial charge in [0.25, 0.3) is 17.5 Å². The Hall–Kier alpha value is -3.30. The number of hydrogen-bond donors (Lipinski definition) is 2. The molecule has 1 aromatic rings. The Labute approximate surface area is 166 Å². The molecule has 0 heterocycles. The highest BCUT2D eigenvalue weighted by Crippen LogP contribution is 2.40. The lowest BCUT2D eigenvalue weighted by Gasteiger charge is -2.36. The zero-order chi connectivity index (χ0) is 21.0. The Morgan fingerprint density at radius 2 is 1.69 bits per heavy atom. The van der Waals surface area contributed by atoms with Crippen molar-refractivity contribution in [3.05, 3.63) is 39.9 Å². The lowest BCUT2D eigenvalue weighted by Crippen LogP contribution is -2.44. The molecule has 10 heteroatoms. The molecule has 3 atom stereocenters. The van der Waals surface area contributed by atoms with Crippen molar-refractivity contribution in [1.82, 2.24) is 10.9 Å². The van der Waals surface area contributed by atoms with Gasteiger partial charge in [0.2, 0.25) is 0 Å². The lowest BCUT2D eigenvalue weighted by atomic mass is 9.67. The summed E-state index contributed by atoms with van der Waals surface area (Å²) in [7, 11) is 0. The van der Waals surface area contributed by atoms with Crippen molar-refractivity contribution in [2.75, 3.05) is 6.61 Å². The second-order valence-corrected chi connectivity index (χ2v) is 7.31. The van der Waals surface area contributed by atoms with Crippen molar-refractivity contribution >= 4 is 29.3 Å². The van der Waals surface area contributed by atoms with Gasteiger partial charge in [0.05, 0.1) is 10.8 Å². The highest BCUT2D eigenvalue weighted by Gasteiger charge is 2.41. The van der Waals surface area contributed by atoms with Gasteiger partial charge in [-0.1, -0.05) is 6.42 Å². The average Bonchev–Trinajstić information content (AvgIpc) is 2.70. The third-order valence-corrected chi connectivity index (χ3v) is 5.38. The largest absolute Gasteiger partial charge is 0.455 e. The van der Waals surface area contributed by atoms with E-state index in [1.807, 2.05) is 0 Å². The molecule has 0 saturated heterocycles. The summed E-state index contributed by atoms with van der Waals surface area (Å²) in [6.45, 7) is -0.556. The predicted octanol–water partition coefficient (Wildman–Crippen LogP) is 1.29. The first kappa shape index (κ1) is 20.4. The number of carbonyl (C=O) groups excluding carboxylic acids is 4. The second kappa shape index (κ2) is 8.80. The van der Waals surface area contributed by atoms with Gasteiger partial charge in [0.1, 0.15) is 5.78 Å². The third-order valence-electron chi connectivity index (χ3n) is 5.38. The van der Waals surface area contributed by atoms with E-state index in [9.17, 15) is 29.3 Å². The smallest absolute Gasteiger partial charge is 0.309 e. The molecule has 2 bridgehead atoms. The number of ether oxygens (including phenoxy) is 1. The van der Waals surface area contributed by atoms with Crippen LogP contribution in [0.5, 0.6) is 0 Å². The number of amides is 2. The van der Waals surface area contributed by atoms with Crippen LogP contribution in [-0.2, 0) is 19.1 Å². The van der Waals surface area contributed by atoms with E-state index in [0.717, 1.165) is 19.3 Å². The summed E-state index contributed by atoms with van der Waals surface area (Å²) in [6.07, 6.45) is 3.53. The topological polar surface area (TPSA) is 145 Å². The minimum absolute atomic E-state index is 0.0881. The third kappa shape index (κ3) is 4.95. The number of nitro groups is 1. The summed E-state index contributed by atoms with van der Waals surface area (Å²) >= 11 is 0. The van der Waals surface area contributed by atoms with Crippen molar-refractivity contribution in [1.29, 1.82) is 0 Å². The standard InChI is InChI=1S/C19H21N3O7/c23-16(20-21-18(25)11-4-6-15(7-5-11)22(27)28)10-29-19(26)14-8-12-2-1-3-13(9-14)17(12)24/h4-7,12-14H,1-3,8-10H2,(H,20,23)(H,21,25)/t12-,13+,14?. The first-order valence-electron chi connectivity index (χ1n) is 9.39. The zero-order valence-corrected chi connectivity index (χ0v) is 15.6. The maximum atomic E-state index is 12.2. The van der Waals surface area contributed by atoms with Gasteiger partial charge in [0.15, 0.2) is 6.61 Å². The molecule has 1 unspecified atom stereocenters. The van der Waals surface area contributed by atoms with E-state index in [0.29, 0.717) is 12.8 Å². The lowest BCUT2D eigenvalue weighted by molar-refractivity contribution is -0.384. The number of rotatable bonds is 5. The summed E-state index contributed by atoms with van der Waals surface area (Å²) in [5.74, 6) is -2.22. The Balaban J connectivity index is 1.41. The molecule has 0 aromatic heterocycles. The molecule has 2 saturated carbocycles. The molecule has 0 spiro atoms. The van der Waals surface area contributed by atoms with Gasteiger partial charge in [-0.05, 0) is 37.8 Å². The Morgan fingerprint density at radius 3 is 2.28 bits per heavy atom. The van der Waals surface area contributed by atoms with Crippen LogP contribution in [0.15, 0.2) is 24.3 Å². The molecule has 0 radical (unpaired) electrons. The zero-order valence-electron chi connectivity index (χ0n) is 15.6. The van der Waals surface area contributed by atoms with E-state index in [2.05, 4.69) is 10.9 Å². The molecule has 3 rings (SSSR count). The van der Waals surface area contributed by atoms with E-state index in [-0.39, 0.29) is 34.8 Å². The molecule has 154 valence electrons. The van der Waals surface area contributed by atoms with Gasteiger partial charge in [-0.25, -0.2) is 0 Å². The number of benzene rings is 1. The number of non-ortho nitro benzene ring substituents is 1. The first-order chi connectivity index (χ1) is 13.8. The summed E-state index contributed by atoms with van der Waals surface area (Å²) in [4.78, 5) is 58.0. The van der Waals surface area contributed by atoms with Crippen LogP contribution in [0.2, 0.25) is 0 Å². The maximum absolute atomic E-state index is 12.2. The quantitative estimate of drug-likeness (QED) is 0.428. The van der Waals surface area contributed by atoms with E-state index >= 15 is 0 Å². The molecule has 10 nitrogen and oxygen atoms in total. The van der Waals surface area contributed by atoms with Crippen molar-refractivity contribution in [3.63, 3.8) is 0 Å². The molecule has 0 aliphatic heterocycles. The van der Waals surface area contributed by atoms with Crippen molar-refractivity contribution in [2.45, 2.75) is 32.1 Å². The number of nitrogens with zero attached hydrogens (tertiary/aromatic N) is 1. The van der Waals surface area contributed by atoms with Gasteiger partial charge in [-0.15, -0.1) is 0 Å². The summed E-state index contributed by atoms with van der Waals surface area (Å²) in [6, 6.07) is 4.84. The number of nitro benzene ring substituents is 1. The molecule has 1 aromatic carbocycles. The SMILES string of the molecule is O=C(COC(=O)C1C[C@H]2CCC[C@@H](C1)C2=O)NNC(=O)c1ccc([N+](=O)[O-])cc1. The minimum atomic E-state index is -0.722. The van der Waals surface area contributed by atoms with E-state index in [1.165, 1.54) is 24.3 Å². The second-order valence-electron chi connectivity index (χ2n) is 7.31. The minimum Gasteiger partial charge on any atom is -0.455 e. The van der Waals surface area contributed by atoms with E-state index in [4.69, 9.17) is 4.74 Å². The van der Waals surface area contributed by atoms with Crippen LogP contribution in [0, 0.1) is 27.9 Å². The van der Waals surface area contributed by atoms with Crippen LogP contribution in [0.4, 0.5) is 5.69 Å². The summed E-state index contributed by atoms with van der Waals surface area (Å²) in [5.41, 5.74) is 4.22. The molecule has 2 aliphatic rings. The first-order valence-corrected chi connectivity index (χ1v) is 9.39. The Bertz CT molecular complexity index is 821. The van der Waals surface area contributed by atoms with Gasteiger partial charge < -0.3 is 4.74 Å². The number of carbonyl (C=O) groups is 4. The predicted molar refractivity (Wildman–Crippen MR) is 98.2 cm³/mol. The number of hydrazine groups is 1. The van der Waals surface area contributed by atoms with Crippen LogP contribution in [0.25, 0.3) is 0 Å². The summed E-state index contributed by atoms with van der Waals surface area (Å²) < 4.78 is 5.04. The number of nitrogens with one attached hydrogen (secondary N) is 2. The van der Waals surface area contributed by atoms with Gasteiger partial charge in [-0.3, -0.25) is 40.1 Å². The Kier molecular flexibility index (Phi) is 6.20. The fourth-order valence-electron chi connectivity index (χ4n) is 3.90. The van der Waals surface area contributed by atoms with Crippen LogP contribution >= 0.6 is 0 Å². The van der Waals surface area contributed by atoms with Crippen molar-refractivity contribution in [3.8, 4) is 0 Å². The van der Waals surface area contributed by atoms with Gasteiger partial charge in [-0.2, -0.15) is 0 Å². The highest BCUT2D eigenvalue weighted by atomic mass is 16.6.